The molecule has 0 bridgehead atoms. The maximum atomic E-state index is 12.9. The molecule has 4 rings (SSSR count). The fourth-order valence-electron chi connectivity index (χ4n) is 2.61. The largest absolute Gasteiger partial charge is 0.507 e. The minimum Gasteiger partial charge on any atom is -0.507 e. The fraction of sp³-hybridized carbons (Fsp3) is 0. The molecule has 0 aliphatic carbocycles. The number of carbonyl (C=O) groups is 1. The van der Waals surface area contributed by atoms with Crippen LogP contribution in [0.25, 0.3) is 21.8 Å². The van der Waals surface area contributed by atoms with E-state index in [0.717, 1.165) is 5.39 Å². The standard InChI is InChI=1S/C17H11N3O2/c21-15-10-9-11-5-1-2-6-12(11)16(15)17(22)20-14-8-4-3-7-13(14)18-19-20/h1-10,21H. The summed E-state index contributed by atoms with van der Waals surface area (Å²) in [6.45, 7) is 0. The summed E-state index contributed by atoms with van der Waals surface area (Å²) in [5, 5.41) is 19.6. The Labute approximate surface area is 125 Å². The Hall–Kier alpha value is -3.21. The molecular weight excluding hydrogens is 278 g/mol. The molecule has 0 fully saturated rings. The lowest BCUT2D eigenvalue weighted by atomic mass is 10.0. The lowest BCUT2D eigenvalue weighted by molar-refractivity contribution is 0.0947. The van der Waals surface area contributed by atoms with Crippen LogP contribution in [0.3, 0.4) is 0 Å². The minimum absolute atomic E-state index is 0.0664. The molecule has 106 valence electrons. The molecular formula is C17H11N3O2. The van der Waals surface area contributed by atoms with Crippen LogP contribution >= 0.6 is 0 Å². The van der Waals surface area contributed by atoms with Crippen molar-refractivity contribution in [1.29, 1.82) is 0 Å². The van der Waals surface area contributed by atoms with Crippen molar-refractivity contribution in [3.05, 3.63) is 66.2 Å². The molecule has 0 aliphatic rings. The van der Waals surface area contributed by atoms with Crippen LogP contribution in [-0.4, -0.2) is 26.0 Å². The molecule has 0 radical (unpaired) electrons. The molecule has 0 unspecified atom stereocenters. The van der Waals surface area contributed by atoms with Crippen LogP contribution in [0.2, 0.25) is 0 Å². The number of phenols is 1. The van der Waals surface area contributed by atoms with Crippen LogP contribution in [-0.2, 0) is 0 Å². The molecule has 0 atom stereocenters. The van der Waals surface area contributed by atoms with Gasteiger partial charge < -0.3 is 5.11 Å². The van der Waals surface area contributed by atoms with Crippen molar-refractivity contribution in [2.75, 3.05) is 0 Å². The number of aromatic hydroxyl groups is 1. The fourth-order valence-corrected chi connectivity index (χ4v) is 2.61. The molecule has 5 nitrogen and oxygen atoms in total. The second kappa shape index (κ2) is 4.66. The zero-order valence-electron chi connectivity index (χ0n) is 11.5. The summed E-state index contributed by atoms with van der Waals surface area (Å²) < 4.78 is 1.22. The van der Waals surface area contributed by atoms with Crippen LogP contribution in [0, 0.1) is 0 Å². The topological polar surface area (TPSA) is 68.0 Å². The molecule has 1 heterocycles. The highest BCUT2D eigenvalue weighted by molar-refractivity contribution is 6.11. The predicted octanol–water partition coefficient (Wildman–Crippen LogP) is 2.98. The lowest BCUT2D eigenvalue weighted by Crippen LogP contribution is -2.14. The third-order valence-corrected chi connectivity index (χ3v) is 3.67. The minimum atomic E-state index is -0.400. The van der Waals surface area contributed by atoms with Crippen LogP contribution in [0.1, 0.15) is 10.4 Å². The Morgan fingerprint density at radius 2 is 1.73 bits per heavy atom. The van der Waals surface area contributed by atoms with E-state index in [1.54, 1.807) is 24.3 Å². The lowest BCUT2D eigenvalue weighted by Gasteiger charge is -2.08. The van der Waals surface area contributed by atoms with Gasteiger partial charge >= 0.3 is 0 Å². The SMILES string of the molecule is O=C(c1c(O)ccc2ccccc12)n1nnc2ccccc21. The Morgan fingerprint density at radius 3 is 2.64 bits per heavy atom. The van der Waals surface area contributed by atoms with Gasteiger partial charge in [0.2, 0.25) is 0 Å². The molecule has 0 saturated heterocycles. The number of phenolic OH excluding ortho intramolecular Hbond substituents is 1. The van der Waals surface area contributed by atoms with E-state index in [-0.39, 0.29) is 11.3 Å². The van der Waals surface area contributed by atoms with Crippen molar-refractivity contribution in [2.45, 2.75) is 0 Å². The van der Waals surface area contributed by atoms with E-state index in [1.165, 1.54) is 10.7 Å². The van der Waals surface area contributed by atoms with E-state index >= 15 is 0 Å². The van der Waals surface area contributed by atoms with Crippen molar-refractivity contribution in [2.24, 2.45) is 0 Å². The zero-order chi connectivity index (χ0) is 15.1. The molecule has 22 heavy (non-hydrogen) atoms. The van der Waals surface area contributed by atoms with Crippen LogP contribution in [0.4, 0.5) is 0 Å². The van der Waals surface area contributed by atoms with Gasteiger partial charge in [0.15, 0.2) is 0 Å². The molecule has 0 amide bonds. The average Bonchev–Trinajstić information content (AvgIpc) is 2.98. The number of hydrogen-bond donors (Lipinski definition) is 1. The molecule has 0 aliphatic heterocycles. The summed E-state index contributed by atoms with van der Waals surface area (Å²) in [6, 6.07) is 17.9. The van der Waals surface area contributed by atoms with Gasteiger partial charge in [0.05, 0.1) is 11.1 Å². The summed E-state index contributed by atoms with van der Waals surface area (Å²) in [5.74, 6) is -0.466. The van der Waals surface area contributed by atoms with Gasteiger partial charge in [-0.15, -0.1) is 5.10 Å². The van der Waals surface area contributed by atoms with Gasteiger partial charge in [0.25, 0.3) is 5.91 Å². The van der Waals surface area contributed by atoms with Gasteiger partial charge in [0, 0.05) is 0 Å². The quantitative estimate of drug-likeness (QED) is 0.585. The second-order valence-corrected chi connectivity index (χ2v) is 4.98. The summed E-state index contributed by atoms with van der Waals surface area (Å²) >= 11 is 0. The number of hydrogen-bond acceptors (Lipinski definition) is 4. The van der Waals surface area contributed by atoms with E-state index in [4.69, 9.17) is 0 Å². The Morgan fingerprint density at radius 1 is 0.955 bits per heavy atom. The number of aromatic nitrogens is 3. The van der Waals surface area contributed by atoms with E-state index in [2.05, 4.69) is 10.3 Å². The van der Waals surface area contributed by atoms with Gasteiger partial charge in [-0.1, -0.05) is 47.7 Å². The van der Waals surface area contributed by atoms with Crippen molar-refractivity contribution in [3.8, 4) is 5.75 Å². The third-order valence-electron chi connectivity index (χ3n) is 3.67. The number of para-hydroxylation sites is 1. The number of benzene rings is 3. The Bertz CT molecular complexity index is 1020. The van der Waals surface area contributed by atoms with Crippen LogP contribution in [0.5, 0.6) is 5.75 Å². The summed E-state index contributed by atoms with van der Waals surface area (Å²) in [6.07, 6.45) is 0. The maximum Gasteiger partial charge on any atom is 0.284 e. The average molecular weight is 289 g/mol. The van der Waals surface area contributed by atoms with E-state index in [1.807, 2.05) is 30.3 Å². The second-order valence-electron chi connectivity index (χ2n) is 4.98. The first-order valence-corrected chi connectivity index (χ1v) is 6.81. The van der Waals surface area contributed by atoms with Gasteiger partial charge in [-0.3, -0.25) is 4.79 Å². The highest BCUT2D eigenvalue weighted by atomic mass is 16.3. The summed E-state index contributed by atoms with van der Waals surface area (Å²) in [7, 11) is 0. The van der Waals surface area contributed by atoms with Crippen molar-refractivity contribution in [3.63, 3.8) is 0 Å². The first-order valence-electron chi connectivity index (χ1n) is 6.81. The Kier molecular flexibility index (Phi) is 2.66. The van der Waals surface area contributed by atoms with Crippen LogP contribution in [0.15, 0.2) is 60.7 Å². The number of rotatable bonds is 1. The monoisotopic (exact) mass is 289 g/mol. The van der Waals surface area contributed by atoms with Gasteiger partial charge in [-0.25, -0.2) is 0 Å². The Balaban J connectivity index is 1.99. The number of nitrogens with zero attached hydrogens (tertiary/aromatic N) is 3. The molecule has 4 aromatic rings. The van der Waals surface area contributed by atoms with Crippen molar-refractivity contribution in [1.82, 2.24) is 15.0 Å². The van der Waals surface area contributed by atoms with Crippen LogP contribution < -0.4 is 0 Å². The van der Waals surface area contributed by atoms with E-state index < -0.39 is 5.91 Å². The smallest absolute Gasteiger partial charge is 0.284 e. The van der Waals surface area contributed by atoms with Gasteiger partial charge in [-0.2, -0.15) is 4.68 Å². The highest BCUT2D eigenvalue weighted by Crippen LogP contribution is 2.28. The molecule has 5 heteroatoms. The zero-order valence-corrected chi connectivity index (χ0v) is 11.5. The normalized spacial score (nSPS) is 11.1. The van der Waals surface area contributed by atoms with Crippen molar-refractivity contribution < 1.29 is 9.90 Å². The van der Waals surface area contributed by atoms with Gasteiger partial charge in [-0.05, 0) is 29.0 Å². The summed E-state index contributed by atoms with van der Waals surface area (Å²) in [5.41, 5.74) is 1.48. The molecule has 3 aromatic carbocycles. The molecule has 1 N–H and O–H groups in total. The van der Waals surface area contributed by atoms with Crippen molar-refractivity contribution >= 4 is 27.7 Å². The number of fused-ring (bicyclic) bond motifs is 2. The molecule has 0 saturated carbocycles. The first-order chi connectivity index (χ1) is 10.8. The summed E-state index contributed by atoms with van der Waals surface area (Å²) in [4.78, 5) is 12.9. The van der Waals surface area contributed by atoms with E-state index in [9.17, 15) is 9.90 Å². The molecule has 1 aromatic heterocycles. The van der Waals surface area contributed by atoms with Gasteiger partial charge in [0.1, 0.15) is 11.3 Å². The first kappa shape index (κ1) is 12.5. The molecule has 0 spiro atoms. The number of carbonyl (C=O) groups excluding carboxylic acids is 1. The van der Waals surface area contributed by atoms with E-state index in [0.29, 0.717) is 16.4 Å². The third kappa shape index (κ3) is 1.76. The highest BCUT2D eigenvalue weighted by Gasteiger charge is 2.20. The maximum absolute atomic E-state index is 12.9. The predicted molar refractivity (Wildman–Crippen MR) is 82.9 cm³/mol.